The molecule has 1 aliphatic carbocycles. The molecule has 0 bridgehead atoms. The van der Waals surface area contributed by atoms with Crippen molar-refractivity contribution in [2.75, 3.05) is 36.1 Å². The lowest BCUT2D eigenvalue weighted by Crippen LogP contribution is -2.44. The van der Waals surface area contributed by atoms with E-state index in [0.29, 0.717) is 37.1 Å². The Kier molecular flexibility index (Phi) is 6.28. The Labute approximate surface area is 180 Å². The maximum Gasteiger partial charge on any atom is 0.413 e. The molecule has 168 valence electrons. The van der Waals surface area contributed by atoms with Gasteiger partial charge in [-0.05, 0) is 12.8 Å². The van der Waals surface area contributed by atoms with Gasteiger partial charge in [0.05, 0.1) is 18.9 Å². The maximum atomic E-state index is 13.6. The van der Waals surface area contributed by atoms with Crippen molar-refractivity contribution in [3.05, 3.63) is 17.1 Å². The van der Waals surface area contributed by atoms with E-state index in [2.05, 4.69) is 15.0 Å². The number of amides is 1. The first-order valence-electron chi connectivity index (χ1n) is 9.99. The Balaban J connectivity index is 1.73. The van der Waals surface area contributed by atoms with E-state index in [4.69, 9.17) is 4.74 Å². The van der Waals surface area contributed by atoms with Crippen LogP contribution in [0.1, 0.15) is 31.4 Å². The fourth-order valence-electron chi connectivity index (χ4n) is 3.79. The van der Waals surface area contributed by atoms with Gasteiger partial charge in [-0.3, -0.25) is 4.90 Å². The number of alkyl halides is 3. The molecule has 0 unspecified atom stereocenters. The third-order valence-electron chi connectivity index (χ3n) is 5.42. The van der Waals surface area contributed by atoms with Crippen molar-refractivity contribution in [3.63, 3.8) is 0 Å². The third-order valence-corrected chi connectivity index (χ3v) is 6.31. The van der Waals surface area contributed by atoms with Gasteiger partial charge < -0.3 is 14.7 Å². The molecule has 2 aromatic heterocycles. The van der Waals surface area contributed by atoms with Gasteiger partial charge in [0.1, 0.15) is 18.3 Å². The molecule has 0 spiro atoms. The van der Waals surface area contributed by atoms with E-state index in [1.165, 1.54) is 0 Å². The number of rotatable bonds is 5. The summed E-state index contributed by atoms with van der Waals surface area (Å²) in [5.74, 6) is -2.00. The highest BCUT2D eigenvalue weighted by Gasteiger charge is 2.39. The minimum absolute atomic E-state index is 0.0365. The van der Waals surface area contributed by atoms with Gasteiger partial charge in [-0.2, -0.15) is 0 Å². The second-order valence-electron chi connectivity index (χ2n) is 7.52. The smallest absolute Gasteiger partial charge is 0.413 e. The van der Waals surface area contributed by atoms with Crippen LogP contribution in [-0.2, 0) is 11.4 Å². The summed E-state index contributed by atoms with van der Waals surface area (Å²) in [6.07, 6.45) is -1.94. The second-order valence-corrected chi connectivity index (χ2v) is 8.38. The minimum atomic E-state index is -2.78. The zero-order chi connectivity index (χ0) is 22.0. The van der Waals surface area contributed by atoms with Crippen molar-refractivity contribution in [3.8, 4) is 10.8 Å². The fourth-order valence-corrected chi connectivity index (χ4v) is 4.52. The summed E-state index contributed by atoms with van der Waals surface area (Å²) in [4.78, 5) is 28.2. The van der Waals surface area contributed by atoms with Gasteiger partial charge in [-0.25, -0.2) is 32.9 Å². The largest absolute Gasteiger partial charge is 0.465 e. The lowest BCUT2D eigenvalue weighted by molar-refractivity contribution is -0.0379. The number of ether oxygens (including phenoxy) is 1. The summed E-state index contributed by atoms with van der Waals surface area (Å²) in [5, 5.41) is 11.8. The standard InChI is InChI=1S/C19H22F3N5O3S/c20-10-12-11-31-17(23-12)16-24-14(26-5-7-30-8-6-26)9-15(25-16)27(18(28)29)13-1-3-19(21,22)4-2-13/h9,11,13H,1-8,10H2,(H,28,29). The predicted octanol–water partition coefficient (Wildman–Crippen LogP) is 3.97. The first kappa shape index (κ1) is 21.8. The lowest BCUT2D eigenvalue weighted by Gasteiger charge is -2.35. The van der Waals surface area contributed by atoms with Crippen molar-refractivity contribution >= 4 is 29.1 Å². The molecular formula is C19H22F3N5O3S. The molecule has 2 fully saturated rings. The number of aromatic nitrogens is 3. The Morgan fingerprint density at radius 1 is 1.26 bits per heavy atom. The van der Waals surface area contributed by atoms with Gasteiger partial charge in [-0.1, -0.05) is 0 Å². The van der Waals surface area contributed by atoms with Crippen LogP contribution in [0.3, 0.4) is 0 Å². The Hall–Kier alpha value is -2.47. The van der Waals surface area contributed by atoms with Crippen LogP contribution < -0.4 is 9.80 Å². The Bertz CT molecular complexity index is 928. The van der Waals surface area contributed by atoms with Crippen LogP contribution in [0.25, 0.3) is 10.8 Å². The average molecular weight is 457 g/mol. The lowest BCUT2D eigenvalue weighted by atomic mass is 9.91. The minimum Gasteiger partial charge on any atom is -0.465 e. The number of anilines is 2. The summed E-state index contributed by atoms with van der Waals surface area (Å²) < 4.78 is 45.6. The third kappa shape index (κ3) is 4.90. The highest BCUT2D eigenvalue weighted by Crippen LogP contribution is 2.37. The summed E-state index contributed by atoms with van der Waals surface area (Å²) >= 11 is 1.16. The zero-order valence-corrected chi connectivity index (χ0v) is 17.5. The highest BCUT2D eigenvalue weighted by atomic mass is 32.1. The van der Waals surface area contributed by atoms with E-state index in [1.807, 2.05) is 4.90 Å². The van der Waals surface area contributed by atoms with Crippen molar-refractivity contribution in [2.45, 2.75) is 44.3 Å². The molecule has 0 atom stereocenters. The number of morpholine rings is 1. The number of nitrogens with zero attached hydrogens (tertiary/aromatic N) is 5. The van der Waals surface area contributed by atoms with Gasteiger partial charge in [0.25, 0.3) is 0 Å². The first-order chi connectivity index (χ1) is 14.9. The number of halogens is 3. The summed E-state index contributed by atoms with van der Waals surface area (Å²) in [7, 11) is 0. The van der Waals surface area contributed by atoms with Crippen LogP contribution in [0.4, 0.5) is 29.6 Å². The number of carbonyl (C=O) groups is 1. The molecule has 8 nitrogen and oxygen atoms in total. The molecule has 1 saturated heterocycles. The molecule has 1 amide bonds. The molecule has 1 saturated carbocycles. The monoisotopic (exact) mass is 457 g/mol. The van der Waals surface area contributed by atoms with Crippen LogP contribution in [-0.4, -0.2) is 64.4 Å². The normalized spacial score (nSPS) is 19.4. The molecule has 31 heavy (non-hydrogen) atoms. The number of hydrogen-bond acceptors (Lipinski definition) is 7. The topological polar surface area (TPSA) is 91.7 Å². The molecule has 1 aliphatic heterocycles. The maximum absolute atomic E-state index is 13.6. The summed E-state index contributed by atoms with van der Waals surface area (Å²) in [6, 6.07) is 0.939. The van der Waals surface area contributed by atoms with Crippen LogP contribution in [0.2, 0.25) is 0 Å². The van der Waals surface area contributed by atoms with Crippen LogP contribution in [0, 0.1) is 0 Å². The van der Waals surface area contributed by atoms with Crippen LogP contribution in [0.15, 0.2) is 11.4 Å². The van der Waals surface area contributed by atoms with Gasteiger partial charge in [-0.15, -0.1) is 11.3 Å². The van der Waals surface area contributed by atoms with Gasteiger partial charge in [0, 0.05) is 43.4 Å². The molecule has 12 heteroatoms. The number of thiazole rings is 1. The highest BCUT2D eigenvalue weighted by molar-refractivity contribution is 7.13. The molecule has 2 aliphatic rings. The van der Waals surface area contributed by atoms with Crippen molar-refractivity contribution in [2.24, 2.45) is 0 Å². The van der Waals surface area contributed by atoms with E-state index < -0.39 is 24.7 Å². The molecule has 0 aromatic carbocycles. The second kappa shape index (κ2) is 8.95. The molecule has 2 aromatic rings. The van der Waals surface area contributed by atoms with Crippen LogP contribution >= 0.6 is 11.3 Å². The molecule has 4 rings (SSSR count). The van der Waals surface area contributed by atoms with Crippen molar-refractivity contribution in [1.82, 2.24) is 15.0 Å². The van der Waals surface area contributed by atoms with E-state index in [0.717, 1.165) is 16.2 Å². The molecule has 3 heterocycles. The Morgan fingerprint density at radius 3 is 2.58 bits per heavy atom. The van der Waals surface area contributed by atoms with Crippen molar-refractivity contribution in [1.29, 1.82) is 0 Å². The van der Waals surface area contributed by atoms with Gasteiger partial charge in [0.2, 0.25) is 5.92 Å². The van der Waals surface area contributed by atoms with Crippen LogP contribution in [0.5, 0.6) is 0 Å². The zero-order valence-electron chi connectivity index (χ0n) is 16.6. The summed E-state index contributed by atoms with van der Waals surface area (Å²) in [6.45, 7) is 1.39. The average Bonchev–Trinajstić information content (AvgIpc) is 3.25. The molecule has 1 N–H and O–H groups in total. The fraction of sp³-hybridized carbons (Fsp3) is 0.579. The van der Waals surface area contributed by atoms with E-state index in [9.17, 15) is 23.1 Å². The van der Waals surface area contributed by atoms with Crippen molar-refractivity contribution < 1.29 is 27.8 Å². The first-order valence-corrected chi connectivity index (χ1v) is 10.9. The number of carboxylic acid groups (broad SMARTS) is 1. The Morgan fingerprint density at radius 2 is 1.97 bits per heavy atom. The van der Waals surface area contributed by atoms with E-state index in [-0.39, 0.29) is 43.0 Å². The molecule has 0 radical (unpaired) electrons. The number of hydrogen-bond donors (Lipinski definition) is 1. The quantitative estimate of drug-likeness (QED) is 0.726. The van der Waals surface area contributed by atoms with E-state index >= 15 is 0 Å². The van der Waals surface area contributed by atoms with E-state index in [1.54, 1.807) is 11.4 Å². The van der Waals surface area contributed by atoms with Gasteiger partial charge >= 0.3 is 6.09 Å². The predicted molar refractivity (Wildman–Crippen MR) is 109 cm³/mol. The SMILES string of the molecule is O=C(O)N(c1cc(N2CCOCC2)nc(-c2nc(CF)cs2)n1)C1CCC(F)(F)CC1. The summed E-state index contributed by atoms with van der Waals surface area (Å²) in [5.41, 5.74) is 0.242. The van der Waals surface area contributed by atoms with Gasteiger partial charge in [0.15, 0.2) is 10.8 Å². The molecular weight excluding hydrogens is 435 g/mol.